The lowest BCUT2D eigenvalue weighted by atomic mass is 10.0. The van der Waals surface area contributed by atoms with Crippen LogP contribution in [-0.4, -0.2) is 16.1 Å². The van der Waals surface area contributed by atoms with E-state index in [1.807, 2.05) is 0 Å². The Kier molecular flexibility index (Phi) is 3.71. The molecule has 0 aromatic carbocycles. The predicted molar refractivity (Wildman–Crippen MR) is 49.7 cm³/mol. The number of pyridine rings is 1. The third-order valence-corrected chi connectivity index (χ3v) is 2.03. The van der Waals surface area contributed by atoms with Gasteiger partial charge >= 0.3 is 5.97 Å². The molecule has 1 rings (SSSR count). The van der Waals surface area contributed by atoms with E-state index in [1.165, 1.54) is 19.2 Å². The fourth-order valence-electron chi connectivity index (χ4n) is 1.18. The molecule has 1 N–H and O–H groups in total. The summed E-state index contributed by atoms with van der Waals surface area (Å²) in [6.07, 6.45) is 0.131. The van der Waals surface area contributed by atoms with Crippen molar-refractivity contribution in [3.05, 3.63) is 29.6 Å². The molecule has 1 unspecified atom stereocenters. The number of rotatable bonds is 4. The topological polar surface area (TPSA) is 50.2 Å². The van der Waals surface area contributed by atoms with Crippen LogP contribution in [0.3, 0.4) is 0 Å². The smallest absolute Gasteiger partial charge is 0.306 e. The predicted octanol–water partition coefficient (Wildman–Crippen LogP) is 2.28. The lowest BCUT2D eigenvalue weighted by molar-refractivity contribution is -0.141. The van der Waals surface area contributed by atoms with Gasteiger partial charge < -0.3 is 5.11 Å². The molecule has 0 aliphatic rings. The first-order chi connectivity index (χ1) is 7.00. The number of carboxylic acids is 1. The molecular formula is C10H11F2NO2. The van der Waals surface area contributed by atoms with Crippen molar-refractivity contribution in [2.45, 2.75) is 19.8 Å². The number of carbonyl (C=O) groups is 1. The Morgan fingerprint density at radius 2 is 2.20 bits per heavy atom. The summed E-state index contributed by atoms with van der Waals surface area (Å²) >= 11 is 0. The Bertz CT molecular complexity index is 355. The van der Waals surface area contributed by atoms with Crippen LogP contribution in [0.25, 0.3) is 0 Å². The van der Waals surface area contributed by atoms with Crippen molar-refractivity contribution in [3.8, 4) is 0 Å². The zero-order chi connectivity index (χ0) is 11.4. The molecule has 0 aliphatic heterocycles. The van der Waals surface area contributed by atoms with Crippen molar-refractivity contribution < 1.29 is 18.7 Å². The molecule has 0 amide bonds. The maximum Gasteiger partial charge on any atom is 0.306 e. The van der Waals surface area contributed by atoms with Crippen LogP contribution in [0.2, 0.25) is 0 Å². The molecule has 0 saturated heterocycles. The normalized spacial score (nSPS) is 12.8. The first kappa shape index (κ1) is 11.6. The van der Waals surface area contributed by atoms with Gasteiger partial charge in [0.2, 0.25) is 0 Å². The molecule has 15 heavy (non-hydrogen) atoms. The van der Waals surface area contributed by atoms with Gasteiger partial charge in [-0.15, -0.1) is 0 Å². The van der Waals surface area contributed by atoms with Gasteiger partial charge in [-0.1, -0.05) is 6.92 Å². The van der Waals surface area contributed by atoms with Crippen LogP contribution in [0.5, 0.6) is 0 Å². The molecular weight excluding hydrogens is 204 g/mol. The molecule has 82 valence electrons. The zero-order valence-corrected chi connectivity index (χ0v) is 8.15. The third-order valence-electron chi connectivity index (χ3n) is 2.03. The molecule has 5 heteroatoms. The second kappa shape index (κ2) is 4.82. The summed E-state index contributed by atoms with van der Waals surface area (Å²) in [6, 6.07) is 1.29. The number of hydrogen-bond acceptors (Lipinski definition) is 2. The van der Waals surface area contributed by atoms with Gasteiger partial charge in [-0.25, -0.2) is 8.78 Å². The Labute approximate surface area is 85.8 Å². The van der Waals surface area contributed by atoms with E-state index in [2.05, 4.69) is 4.98 Å². The van der Waals surface area contributed by atoms with Crippen LogP contribution in [0.1, 0.15) is 24.5 Å². The number of carboxylic acid groups (broad SMARTS) is 1. The highest BCUT2D eigenvalue weighted by atomic mass is 19.3. The van der Waals surface area contributed by atoms with Crippen LogP contribution in [0.15, 0.2) is 18.5 Å². The number of aliphatic carboxylic acids is 1. The first-order valence-electron chi connectivity index (χ1n) is 4.45. The van der Waals surface area contributed by atoms with Gasteiger partial charge in [0.05, 0.1) is 5.92 Å². The average Bonchev–Trinajstić information content (AvgIpc) is 2.18. The molecule has 0 saturated carbocycles. The average molecular weight is 215 g/mol. The zero-order valence-electron chi connectivity index (χ0n) is 8.15. The number of hydrogen-bond donors (Lipinski definition) is 1. The van der Waals surface area contributed by atoms with Gasteiger partial charge in [0.1, 0.15) is 0 Å². The Balaban J connectivity index is 2.78. The summed E-state index contributed by atoms with van der Waals surface area (Å²) in [5.74, 6) is -1.54. The highest BCUT2D eigenvalue weighted by Crippen LogP contribution is 2.19. The van der Waals surface area contributed by atoms with Crippen molar-refractivity contribution in [1.29, 1.82) is 0 Å². The molecule has 0 radical (unpaired) electrons. The van der Waals surface area contributed by atoms with Crippen LogP contribution in [-0.2, 0) is 11.2 Å². The summed E-state index contributed by atoms with van der Waals surface area (Å²) < 4.78 is 24.6. The molecule has 1 heterocycles. The SMILES string of the molecule is CC(Cc1cncc(C(F)F)c1)C(=O)O. The van der Waals surface area contributed by atoms with Gasteiger partial charge in [0, 0.05) is 18.0 Å². The highest BCUT2D eigenvalue weighted by molar-refractivity contribution is 5.69. The molecule has 1 atom stereocenters. The minimum absolute atomic E-state index is 0.176. The van der Waals surface area contributed by atoms with Gasteiger partial charge in [-0.05, 0) is 18.1 Å². The van der Waals surface area contributed by atoms with E-state index in [4.69, 9.17) is 5.11 Å². The number of alkyl halides is 2. The lowest BCUT2D eigenvalue weighted by Crippen LogP contribution is -2.12. The quantitative estimate of drug-likeness (QED) is 0.838. The van der Waals surface area contributed by atoms with E-state index in [0.717, 1.165) is 6.20 Å². The van der Waals surface area contributed by atoms with Crippen LogP contribution in [0, 0.1) is 5.92 Å². The van der Waals surface area contributed by atoms with Gasteiger partial charge in [0.15, 0.2) is 0 Å². The lowest BCUT2D eigenvalue weighted by Gasteiger charge is -2.07. The molecule has 0 bridgehead atoms. The van der Waals surface area contributed by atoms with E-state index < -0.39 is 18.3 Å². The van der Waals surface area contributed by atoms with Gasteiger partial charge in [-0.2, -0.15) is 0 Å². The van der Waals surface area contributed by atoms with Crippen LogP contribution < -0.4 is 0 Å². The highest BCUT2D eigenvalue weighted by Gasteiger charge is 2.13. The first-order valence-corrected chi connectivity index (χ1v) is 4.45. The molecule has 0 aliphatic carbocycles. The third kappa shape index (κ3) is 3.27. The molecule has 3 nitrogen and oxygen atoms in total. The van der Waals surface area contributed by atoms with Crippen LogP contribution in [0.4, 0.5) is 8.78 Å². The minimum Gasteiger partial charge on any atom is -0.481 e. The number of halogens is 2. The van der Waals surface area contributed by atoms with Crippen molar-refractivity contribution in [1.82, 2.24) is 4.98 Å². The van der Waals surface area contributed by atoms with Crippen molar-refractivity contribution in [2.24, 2.45) is 5.92 Å². The Morgan fingerprint density at radius 1 is 1.53 bits per heavy atom. The van der Waals surface area contributed by atoms with Crippen LogP contribution >= 0.6 is 0 Å². The summed E-state index contributed by atoms with van der Waals surface area (Å²) in [5.41, 5.74) is 0.341. The molecule has 1 aromatic heterocycles. The summed E-state index contributed by atoms with van der Waals surface area (Å²) in [5, 5.41) is 8.65. The van der Waals surface area contributed by atoms with E-state index in [0.29, 0.717) is 5.56 Å². The standard InChI is InChI=1S/C10H11F2NO2/c1-6(10(14)15)2-7-3-8(9(11)12)5-13-4-7/h3-6,9H,2H2,1H3,(H,14,15). The fraction of sp³-hybridized carbons (Fsp3) is 0.400. The molecule has 0 fully saturated rings. The van der Waals surface area contributed by atoms with E-state index in [-0.39, 0.29) is 12.0 Å². The van der Waals surface area contributed by atoms with Crippen molar-refractivity contribution in [2.75, 3.05) is 0 Å². The summed E-state index contributed by atoms with van der Waals surface area (Å²) in [4.78, 5) is 14.2. The van der Waals surface area contributed by atoms with E-state index in [1.54, 1.807) is 0 Å². The minimum atomic E-state index is -2.57. The summed E-state index contributed by atoms with van der Waals surface area (Å²) in [7, 11) is 0. The number of nitrogens with zero attached hydrogens (tertiary/aromatic N) is 1. The monoisotopic (exact) mass is 215 g/mol. The van der Waals surface area contributed by atoms with E-state index in [9.17, 15) is 13.6 Å². The van der Waals surface area contributed by atoms with Crippen molar-refractivity contribution in [3.63, 3.8) is 0 Å². The van der Waals surface area contributed by atoms with Crippen molar-refractivity contribution >= 4 is 5.97 Å². The van der Waals surface area contributed by atoms with Gasteiger partial charge in [0.25, 0.3) is 6.43 Å². The second-order valence-corrected chi connectivity index (χ2v) is 3.37. The molecule has 0 spiro atoms. The number of aromatic nitrogens is 1. The maximum absolute atomic E-state index is 12.3. The Hall–Kier alpha value is -1.52. The fourth-order valence-corrected chi connectivity index (χ4v) is 1.18. The van der Waals surface area contributed by atoms with E-state index >= 15 is 0 Å². The Morgan fingerprint density at radius 3 is 2.73 bits per heavy atom. The maximum atomic E-state index is 12.3. The summed E-state index contributed by atoms with van der Waals surface area (Å²) in [6.45, 7) is 1.53. The molecule has 1 aromatic rings. The van der Waals surface area contributed by atoms with Gasteiger partial charge in [-0.3, -0.25) is 9.78 Å². The largest absolute Gasteiger partial charge is 0.481 e. The second-order valence-electron chi connectivity index (χ2n) is 3.37.